The molecule has 0 heterocycles. The Balaban J connectivity index is 1.76. The van der Waals surface area contributed by atoms with E-state index in [1.807, 2.05) is 20.8 Å². The molecule has 7 nitrogen and oxygen atoms in total. The third-order valence-corrected chi connectivity index (χ3v) is 9.22. The summed E-state index contributed by atoms with van der Waals surface area (Å²) in [5, 5.41) is 20.7. The van der Waals surface area contributed by atoms with Crippen LogP contribution in [0.2, 0.25) is 0 Å². The molecule has 0 bridgehead atoms. The number of carbonyl (C=O) groups is 4. The number of hydrogen-bond donors (Lipinski definition) is 2. The van der Waals surface area contributed by atoms with Gasteiger partial charge in [0.2, 0.25) is 5.78 Å². The molecule has 7 heteroatoms. The van der Waals surface area contributed by atoms with Gasteiger partial charge in [0, 0.05) is 36.0 Å². The predicted molar refractivity (Wildman–Crippen MR) is 114 cm³/mol. The number of Topliss-reactive ketones (excluding diaryl/α,β-unsaturated/α-hetero) is 2. The summed E-state index contributed by atoms with van der Waals surface area (Å²) < 4.78 is 5.85. The minimum atomic E-state index is -1.50. The standard InChI is InChI=1S/C25H34O7/c1-4-5-21(31)32-25(20(30)13-26)9-8-17-16-7-6-14-10-15(27)11-19(29)24(14,3)22(16)18(28)12-23(17,25)2/h10,16-17,19,22,26,29H,4-9,11-13H2,1-3H3/t16-,17-,19?,22+,23-,24+,25-/m0/s1. The quantitative estimate of drug-likeness (QED) is 0.622. The third kappa shape index (κ3) is 3.00. The fraction of sp³-hybridized carbons (Fsp3) is 0.760. The normalized spacial score (nSPS) is 43.1. The first-order chi connectivity index (χ1) is 15.0. The van der Waals surface area contributed by atoms with E-state index in [1.54, 1.807) is 6.08 Å². The van der Waals surface area contributed by atoms with Crippen LogP contribution in [0.3, 0.4) is 0 Å². The van der Waals surface area contributed by atoms with Gasteiger partial charge in [-0.25, -0.2) is 0 Å². The molecule has 176 valence electrons. The summed E-state index contributed by atoms with van der Waals surface area (Å²) in [6, 6.07) is 0. The van der Waals surface area contributed by atoms with Gasteiger partial charge < -0.3 is 14.9 Å². The first-order valence-corrected chi connectivity index (χ1v) is 11.9. The summed E-state index contributed by atoms with van der Waals surface area (Å²) in [6.45, 7) is 4.87. The molecule has 32 heavy (non-hydrogen) atoms. The Bertz CT molecular complexity index is 891. The van der Waals surface area contributed by atoms with E-state index >= 15 is 0 Å². The van der Waals surface area contributed by atoms with Crippen molar-refractivity contribution in [2.24, 2.45) is 28.6 Å². The van der Waals surface area contributed by atoms with Gasteiger partial charge >= 0.3 is 5.97 Å². The van der Waals surface area contributed by atoms with Gasteiger partial charge in [-0.05, 0) is 50.0 Å². The maximum atomic E-state index is 13.7. The van der Waals surface area contributed by atoms with E-state index in [2.05, 4.69) is 0 Å². The monoisotopic (exact) mass is 446 g/mol. The van der Waals surface area contributed by atoms with Crippen LogP contribution >= 0.6 is 0 Å². The van der Waals surface area contributed by atoms with Crippen LogP contribution in [0.5, 0.6) is 0 Å². The molecule has 0 aromatic rings. The van der Waals surface area contributed by atoms with Crippen molar-refractivity contribution >= 4 is 23.3 Å². The van der Waals surface area contributed by atoms with Crippen molar-refractivity contribution < 1.29 is 34.1 Å². The van der Waals surface area contributed by atoms with Crippen molar-refractivity contribution in [2.45, 2.75) is 83.8 Å². The number of aliphatic hydroxyl groups excluding tert-OH is 2. The van der Waals surface area contributed by atoms with Crippen molar-refractivity contribution in [3.8, 4) is 0 Å². The molecule has 3 saturated carbocycles. The van der Waals surface area contributed by atoms with E-state index in [0.29, 0.717) is 32.1 Å². The van der Waals surface area contributed by atoms with Crippen LogP contribution in [0.25, 0.3) is 0 Å². The molecule has 3 fully saturated rings. The lowest BCUT2D eigenvalue weighted by atomic mass is 9.45. The SMILES string of the molecule is CCCC(=O)O[C@]1(C(=O)CO)CC[C@H]2[C@@H]3CCC4=CC(=O)CC(O)[C@]4(C)[C@H]3C(=O)C[C@@]21C. The first kappa shape index (κ1) is 23.3. The van der Waals surface area contributed by atoms with Crippen LogP contribution in [-0.2, 0) is 23.9 Å². The van der Waals surface area contributed by atoms with Crippen LogP contribution < -0.4 is 0 Å². The van der Waals surface area contributed by atoms with Crippen LogP contribution in [0.15, 0.2) is 11.6 Å². The molecule has 4 aliphatic carbocycles. The summed E-state index contributed by atoms with van der Waals surface area (Å²) in [5.41, 5.74) is -2.34. The highest BCUT2D eigenvalue weighted by Crippen LogP contribution is 2.67. The number of rotatable bonds is 5. The summed E-state index contributed by atoms with van der Waals surface area (Å²) in [5.74, 6) is -1.75. The molecule has 0 aromatic heterocycles. The predicted octanol–water partition coefficient (Wildman–Crippen LogP) is 2.31. The number of ketones is 3. The van der Waals surface area contributed by atoms with E-state index in [1.165, 1.54) is 0 Å². The zero-order valence-corrected chi connectivity index (χ0v) is 19.2. The Hall–Kier alpha value is -1.86. The summed E-state index contributed by atoms with van der Waals surface area (Å²) in [6.07, 6.45) is 3.73. The van der Waals surface area contributed by atoms with Gasteiger partial charge in [-0.15, -0.1) is 0 Å². The van der Waals surface area contributed by atoms with Gasteiger partial charge in [-0.3, -0.25) is 19.2 Å². The number of hydrogen-bond acceptors (Lipinski definition) is 7. The maximum absolute atomic E-state index is 13.7. The van der Waals surface area contributed by atoms with Crippen molar-refractivity contribution in [1.82, 2.24) is 0 Å². The number of fused-ring (bicyclic) bond motifs is 5. The molecule has 7 atom stereocenters. The first-order valence-electron chi connectivity index (χ1n) is 11.9. The smallest absolute Gasteiger partial charge is 0.306 e. The topological polar surface area (TPSA) is 118 Å². The third-order valence-electron chi connectivity index (χ3n) is 9.22. The van der Waals surface area contributed by atoms with Crippen molar-refractivity contribution in [3.05, 3.63) is 11.6 Å². The Labute approximate surface area is 188 Å². The fourth-order valence-electron chi connectivity index (χ4n) is 7.67. The van der Waals surface area contributed by atoms with Gasteiger partial charge in [0.05, 0.1) is 6.10 Å². The minimum absolute atomic E-state index is 0.0139. The Kier molecular flexibility index (Phi) is 5.73. The molecule has 0 spiro atoms. The lowest BCUT2D eigenvalue weighted by Crippen LogP contribution is -2.63. The van der Waals surface area contributed by atoms with Crippen LogP contribution in [-0.4, -0.2) is 51.8 Å². The van der Waals surface area contributed by atoms with E-state index < -0.39 is 46.8 Å². The Morgan fingerprint density at radius 1 is 1.22 bits per heavy atom. The molecule has 0 aromatic carbocycles. The van der Waals surface area contributed by atoms with Gasteiger partial charge in [0.15, 0.2) is 11.4 Å². The second-order valence-electron chi connectivity index (χ2n) is 10.7. The molecule has 1 unspecified atom stereocenters. The van der Waals surface area contributed by atoms with Crippen molar-refractivity contribution in [3.63, 3.8) is 0 Å². The zero-order chi connectivity index (χ0) is 23.5. The highest BCUT2D eigenvalue weighted by atomic mass is 16.6. The number of carbonyl (C=O) groups excluding carboxylic acids is 4. The van der Waals surface area contributed by atoms with Crippen LogP contribution in [0, 0.1) is 28.6 Å². The van der Waals surface area contributed by atoms with Crippen molar-refractivity contribution in [1.29, 1.82) is 0 Å². The van der Waals surface area contributed by atoms with Gasteiger partial charge in [0.1, 0.15) is 12.4 Å². The summed E-state index contributed by atoms with van der Waals surface area (Å²) >= 11 is 0. The molecule has 0 aliphatic heterocycles. The van der Waals surface area contributed by atoms with Crippen LogP contribution in [0.1, 0.15) is 72.1 Å². The second-order valence-corrected chi connectivity index (χ2v) is 10.7. The maximum Gasteiger partial charge on any atom is 0.306 e. The van der Waals surface area contributed by atoms with E-state index in [0.717, 1.165) is 5.57 Å². The summed E-state index contributed by atoms with van der Waals surface area (Å²) in [7, 11) is 0. The lowest BCUT2D eigenvalue weighted by Gasteiger charge is -2.59. The largest absolute Gasteiger partial charge is 0.450 e. The molecular weight excluding hydrogens is 412 g/mol. The number of ether oxygens (including phenoxy) is 1. The molecular formula is C25H34O7. The highest BCUT2D eigenvalue weighted by Gasteiger charge is 2.71. The Morgan fingerprint density at radius 3 is 2.59 bits per heavy atom. The zero-order valence-electron chi connectivity index (χ0n) is 19.2. The van der Waals surface area contributed by atoms with E-state index in [4.69, 9.17) is 4.74 Å². The van der Waals surface area contributed by atoms with E-state index in [9.17, 15) is 29.4 Å². The van der Waals surface area contributed by atoms with Gasteiger partial charge in [-0.1, -0.05) is 26.3 Å². The minimum Gasteiger partial charge on any atom is -0.450 e. The van der Waals surface area contributed by atoms with E-state index in [-0.39, 0.29) is 42.7 Å². The molecule has 4 rings (SSSR count). The lowest BCUT2D eigenvalue weighted by molar-refractivity contribution is -0.193. The van der Waals surface area contributed by atoms with Crippen LogP contribution in [0.4, 0.5) is 0 Å². The molecule has 4 aliphatic rings. The number of esters is 1. The second kappa shape index (κ2) is 7.87. The average Bonchev–Trinajstić information content (AvgIpc) is 3.01. The fourth-order valence-corrected chi connectivity index (χ4v) is 7.67. The van der Waals surface area contributed by atoms with Gasteiger partial charge in [0.25, 0.3) is 0 Å². The average molecular weight is 447 g/mol. The highest BCUT2D eigenvalue weighted by molar-refractivity contribution is 5.96. The number of aliphatic hydroxyl groups is 2. The molecule has 0 saturated heterocycles. The molecule has 0 amide bonds. The van der Waals surface area contributed by atoms with Crippen molar-refractivity contribution in [2.75, 3.05) is 6.61 Å². The summed E-state index contributed by atoms with van der Waals surface area (Å²) in [4.78, 5) is 51.4. The molecule has 2 N–H and O–H groups in total. The molecule has 0 radical (unpaired) electrons. The Morgan fingerprint density at radius 2 is 1.94 bits per heavy atom. The van der Waals surface area contributed by atoms with Gasteiger partial charge in [-0.2, -0.15) is 0 Å².